The molecule has 0 saturated heterocycles. The average Bonchev–Trinajstić information content (AvgIpc) is 3.10. The maximum atomic E-state index is 10.4. The van der Waals surface area contributed by atoms with E-state index in [-0.39, 0.29) is 5.92 Å². The summed E-state index contributed by atoms with van der Waals surface area (Å²) in [7, 11) is 0. The van der Waals surface area contributed by atoms with Gasteiger partial charge in [0.15, 0.2) is 0 Å². The number of carboxylic acids is 1. The summed E-state index contributed by atoms with van der Waals surface area (Å²) in [5, 5.41) is 8.60. The molecule has 25 heavy (non-hydrogen) atoms. The molecular weight excluding hydrogens is 312 g/mol. The Morgan fingerprint density at radius 1 is 1.20 bits per heavy atom. The highest BCUT2D eigenvalue weighted by Gasteiger charge is 2.51. The second-order valence-corrected chi connectivity index (χ2v) is 8.70. The van der Waals surface area contributed by atoms with E-state index in [1.165, 1.54) is 38.5 Å². The lowest BCUT2D eigenvalue weighted by atomic mass is 9.53. The quantitative estimate of drug-likeness (QED) is 0.780. The molecule has 4 aliphatic carbocycles. The molecule has 0 aliphatic heterocycles. The van der Waals surface area contributed by atoms with Crippen molar-refractivity contribution in [2.45, 2.75) is 83.6 Å². The van der Waals surface area contributed by atoms with Crippen molar-refractivity contribution >= 4 is 5.97 Å². The van der Waals surface area contributed by atoms with Crippen LogP contribution in [0.5, 0.6) is 0 Å². The van der Waals surface area contributed by atoms with Crippen molar-refractivity contribution in [2.24, 2.45) is 23.7 Å². The molecule has 1 unspecified atom stereocenters. The number of nitrogens with zero attached hydrogens (tertiary/aromatic N) is 2. The van der Waals surface area contributed by atoms with Gasteiger partial charge >= 0.3 is 5.97 Å². The number of hydrogen-bond donors (Lipinski definition) is 1. The number of unbranched alkanes of at least 4 members (excludes halogenated alkanes) is 1. The van der Waals surface area contributed by atoms with Gasteiger partial charge in [-0.15, -0.1) is 0 Å². The molecule has 4 heteroatoms. The van der Waals surface area contributed by atoms with Crippen molar-refractivity contribution in [1.29, 1.82) is 0 Å². The Hall–Kier alpha value is -1.32. The molecule has 1 atom stereocenters. The van der Waals surface area contributed by atoms with Crippen molar-refractivity contribution in [3.63, 3.8) is 0 Å². The van der Waals surface area contributed by atoms with Gasteiger partial charge in [-0.25, -0.2) is 4.98 Å². The van der Waals surface area contributed by atoms with Crippen LogP contribution in [0.25, 0.3) is 0 Å². The summed E-state index contributed by atoms with van der Waals surface area (Å²) in [5.41, 5.74) is 0.477. The molecule has 140 valence electrons. The second-order valence-electron chi connectivity index (χ2n) is 8.70. The van der Waals surface area contributed by atoms with Crippen molar-refractivity contribution in [3.05, 3.63) is 18.7 Å². The summed E-state index contributed by atoms with van der Waals surface area (Å²) in [4.78, 5) is 14.7. The standard InChI is InChI=1S/C13H18N2.C8H16O2/c1-2-15(9-14-1)13-6-10-3-11(7-13)5-12(4-10)8-13;1-3-5-6-7(4-2)8(9)10/h1-2,9-12H,3-8H2;7H,3-6H2,1-2H3,(H,9,10). The highest BCUT2D eigenvalue weighted by atomic mass is 16.4. The Labute approximate surface area is 152 Å². The Morgan fingerprint density at radius 3 is 2.20 bits per heavy atom. The van der Waals surface area contributed by atoms with Crippen molar-refractivity contribution in [2.75, 3.05) is 0 Å². The lowest BCUT2D eigenvalue weighted by Crippen LogP contribution is -2.51. The SMILES string of the molecule is CCCCC(CC)C(=O)O.c1cn(C23CC4CC(CC(C4)C2)C3)cn1. The van der Waals surface area contributed by atoms with Gasteiger partial charge in [0.2, 0.25) is 0 Å². The van der Waals surface area contributed by atoms with Gasteiger partial charge in [0, 0.05) is 17.9 Å². The normalized spacial score (nSPS) is 33.6. The largest absolute Gasteiger partial charge is 0.481 e. The molecule has 1 N–H and O–H groups in total. The third-order valence-electron chi connectivity index (χ3n) is 6.81. The highest BCUT2D eigenvalue weighted by Crippen LogP contribution is 2.58. The summed E-state index contributed by atoms with van der Waals surface area (Å²) in [6.07, 6.45) is 18.7. The molecule has 1 aromatic rings. The molecule has 0 amide bonds. The van der Waals surface area contributed by atoms with Crippen molar-refractivity contribution in [3.8, 4) is 0 Å². The summed E-state index contributed by atoms with van der Waals surface area (Å²) in [6.45, 7) is 4.00. The van der Waals surface area contributed by atoms with E-state index in [1.54, 1.807) is 0 Å². The fraction of sp³-hybridized carbons (Fsp3) is 0.810. The molecule has 4 bridgehead atoms. The van der Waals surface area contributed by atoms with Crippen molar-refractivity contribution < 1.29 is 9.90 Å². The molecule has 4 nitrogen and oxygen atoms in total. The molecule has 1 aromatic heterocycles. The van der Waals surface area contributed by atoms with E-state index >= 15 is 0 Å². The molecule has 4 saturated carbocycles. The van der Waals surface area contributed by atoms with Crippen LogP contribution in [0, 0.1) is 23.7 Å². The lowest BCUT2D eigenvalue weighted by Gasteiger charge is -2.57. The Kier molecular flexibility index (Phi) is 5.85. The first-order valence-electron chi connectivity index (χ1n) is 10.3. The number of aromatic nitrogens is 2. The fourth-order valence-electron chi connectivity index (χ4n) is 5.87. The monoisotopic (exact) mass is 346 g/mol. The molecule has 0 spiro atoms. The third-order valence-corrected chi connectivity index (χ3v) is 6.81. The van der Waals surface area contributed by atoms with Crippen LogP contribution in [0.1, 0.15) is 78.1 Å². The molecule has 0 radical (unpaired) electrons. The Morgan fingerprint density at radius 2 is 1.80 bits per heavy atom. The molecule has 4 fully saturated rings. The first kappa shape index (κ1) is 18.5. The van der Waals surface area contributed by atoms with E-state index in [2.05, 4.69) is 22.7 Å². The maximum absolute atomic E-state index is 10.4. The van der Waals surface area contributed by atoms with Crippen LogP contribution in [0.3, 0.4) is 0 Å². The van der Waals surface area contributed by atoms with Gasteiger partial charge in [-0.05, 0) is 69.1 Å². The molecule has 4 aliphatic rings. The molecule has 1 heterocycles. The minimum absolute atomic E-state index is 0.111. The number of imidazole rings is 1. The number of carboxylic acid groups (broad SMARTS) is 1. The van der Waals surface area contributed by atoms with Crippen LogP contribution in [-0.2, 0) is 10.3 Å². The van der Waals surface area contributed by atoms with Gasteiger partial charge < -0.3 is 9.67 Å². The van der Waals surface area contributed by atoms with E-state index in [0.717, 1.165) is 43.4 Å². The molecule has 0 aromatic carbocycles. The van der Waals surface area contributed by atoms with E-state index < -0.39 is 5.97 Å². The summed E-state index contributed by atoms with van der Waals surface area (Å²) < 4.78 is 2.43. The van der Waals surface area contributed by atoms with Gasteiger partial charge in [-0.2, -0.15) is 0 Å². The average molecular weight is 347 g/mol. The number of hydrogen-bond acceptors (Lipinski definition) is 2. The minimum atomic E-state index is -0.643. The lowest BCUT2D eigenvalue weighted by molar-refractivity contribution is -0.142. The van der Waals surface area contributed by atoms with Crippen LogP contribution in [0.2, 0.25) is 0 Å². The topological polar surface area (TPSA) is 55.1 Å². The van der Waals surface area contributed by atoms with E-state index in [1.807, 2.05) is 19.4 Å². The predicted molar refractivity (Wildman–Crippen MR) is 99.3 cm³/mol. The predicted octanol–water partition coefficient (Wildman–Crippen LogP) is 5.10. The molecular formula is C21H34N2O2. The summed E-state index contributed by atoms with van der Waals surface area (Å²) >= 11 is 0. The second kappa shape index (κ2) is 7.92. The minimum Gasteiger partial charge on any atom is -0.481 e. The first-order chi connectivity index (χ1) is 12.1. The van der Waals surface area contributed by atoms with Gasteiger partial charge in [-0.3, -0.25) is 4.79 Å². The number of carbonyl (C=O) groups is 1. The Balaban J connectivity index is 0.000000162. The maximum Gasteiger partial charge on any atom is 0.306 e. The molecule has 5 rings (SSSR count). The van der Waals surface area contributed by atoms with Crippen LogP contribution in [0.15, 0.2) is 18.7 Å². The Bertz CT molecular complexity index is 517. The van der Waals surface area contributed by atoms with Gasteiger partial charge in [-0.1, -0.05) is 26.7 Å². The number of aliphatic carboxylic acids is 1. The zero-order valence-corrected chi connectivity index (χ0v) is 15.9. The van der Waals surface area contributed by atoms with E-state index in [0.29, 0.717) is 5.54 Å². The zero-order chi connectivity index (χ0) is 17.9. The summed E-state index contributed by atoms with van der Waals surface area (Å²) in [5.74, 6) is 2.33. The smallest absolute Gasteiger partial charge is 0.306 e. The zero-order valence-electron chi connectivity index (χ0n) is 15.9. The number of rotatable bonds is 6. The van der Waals surface area contributed by atoms with Crippen LogP contribution in [-0.4, -0.2) is 20.6 Å². The van der Waals surface area contributed by atoms with Gasteiger partial charge in [0.05, 0.1) is 12.2 Å². The van der Waals surface area contributed by atoms with Crippen LogP contribution in [0.4, 0.5) is 0 Å². The van der Waals surface area contributed by atoms with E-state index in [9.17, 15) is 4.79 Å². The van der Waals surface area contributed by atoms with Gasteiger partial charge in [0.25, 0.3) is 0 Å². The third kappa shape index (κ3) is 4.09. The van der Waals surface area contributed by atoms with Crippen LogP contribution < -0.4 is 0 Å². The van der Waals surface area contributed by atoms with Crippen molar-refractivity contribution in [1.82, 2.24) is 9.55 Å². The summed E-state index contributed by atoms with van der Waals surface area (Å²) in [6, 6.07) is 0. The van der Waals surface area contributed by atoms with Gasteiger partial charge in [0.1, 0.15) is 0 Å². The van der Waals surface area contributed by atoms with E-state index in [4.69, 9.17) is 5.11 Å². The fourth-order valence-corrected chi connectivity index (χ4v) is 5.87. The first-order valence-corrected chi connectivity index (χ1v) is 10.3. The van der Waals surface area contributed by atoms with Crippen LogP contribution >= 0.6 is 0 Å². The highest BCUT2D eigenvalue weighted by molar-refractivity contribution is 5.69.